The summed E-state index contributed by atoms with van der Waals surface area (Å²) in [5.41, 5.74) is 0. The lowest BCUT2D eigenvalue weighted by Crippen LogP contribution is -2.30. The monoisotopic (exact) mass is 709 g/mol. The Morgan fingerprint density at radius 2 is 0.660 bits per heavy atom. The van der Waals surface area contributed by atoms with Crippen LogP contribution < -0.4 is 0 Å². The van der Waals surface area contributed by atoms with Crippen LogP contribution in [-0.2, 0) is 28.6 Å². The summed E-state index contributed by atoms with van der Waals surface area (Å²) >= 11 is 0. The van der Waals surface area contributed by atoms with Crippen LogP contribution in [0.3, 0.4) is 0 Å². The number of ether oxygens (including phenoxy) is 3. The third kappa shape index (κ3) is 37.7. The van der Waals surface area contributed by atoms with Gasteiger partial charge in [-0.05, 0) is 25.2 Å². The number of esters is 3. The normalized spacial score (nSPS) is 11.9. The summed E-state index contributed by atoms with van der Waals surface area (Å²) in [5.74, 6) is -0.100. The van der Waals surface area contributed by atoms with Gasteiger partial charge < -0.3 is 14.2 Å². The van der Waals surface area contributed by atoms with Crippen LogP contribution in [0.1, 0.15) is 240 Å². The van der Waals surface area contributed by atoms with E-state index < -0.39 is 6.10 Å². The smallest absolute Gasteiger partial charge is 0.306 e. The number of hydrogen-bond donors (Lipinski definition) is 0. The minimum Gasteiger partial charge on any atom is -0.462 e. The van der Waals surface area contributed by atoms with Gasteiger partial charge in [0.25, 0.3) is 0 Å². The van der Waals surface area contributed by atoms with Crippen molar-refractivity contribution >= 4 is 17.9 Å². The molecule has 0 rings (SSSR count). The van der Waals surface area contributed by atoms with E-state index in [1.54, 1.807) is 0 Å². The first-order chi connectivity index (χ1) is 24.4. The molecule has 50 heavy (non-hydrogen) atoms. The van der Waals surface area contributed by atoms with Crippen LogP contribution in [-0.4, -0.2) is 37.2 Å². The number of rotatable bonds is 39. The maximum absolute atomic E-state index is 12.6. The minimum atomic E-state index is -0.758. The zero-order valence-electron chi connectivity index (χ0n) is 33.9. The molecule has 0 aromatic heterocycles. The first kappa shape index (κ1) is 48.4. The molecule has 0 unspecified atom stereocenters. The Morgan fingerprint density at radius 1 is 0.380 bits per heavy atom. The fourth-order valence-electron chi connectivity index (χ4n) is 6.45. The molecule has 0 aromatic rings. The molecule has 6 heteroatoms. The van der Waals surface area contributed by atoms with Gasteiger partial charge in [0.05, 0.1) is 0 Å². The van der Waals surface area contributed by atoms with E-state index >= 15 is 0 Å². The zero-order chi connectivity index (χ0) is 36.8. The van der Waals surface area contributed by atoms with Crippen molar-refractivity contribution in [3.05, 3.63) is 0 Å². The fourth-order valence-corrected chi connectivity index (χ4v) is 6.45. The summed E-state index contributed by atoms with van der Waals surface area (Å²) in [7, 11) is 0. The fraction of sp³-hybridized carbons (Fsp3) is 0.932. The molecule has 0 aliphatic heterocycles. The van der Waals surface area contributed by atoms with E-state index in [-0.39, 0.29) is 31.1 Å². The predicted octanol–water partition coefficient (Wildman–Crippen LogP) is 13.6. The zero-order valence-corrected chi connectivity index (χ0v) is 33.9. The van der Waals surface area contributed by atoms with Gasteiger partial charge in [0.1, 0.15) is 13.2 Å². The van der Waals surface area contributed by atoms with Gasteiger partial charge in [-0.15, -0.1) is 0 Å². The molecule has 1 atom stereocenters. The van der Waals surface area contributed by atoms with E-state index in [0.29, 0.717) is 19.3 Å². The number of hydrogen-bond acceptors (Lipinski definition) is 6. The van der Waals surface area contributed by atoms with Crippen molar-refractivity contribution in [3.63, 3.8) is 0 Å². The molecular formula is C44H84O6. The Labute approximate surface area is 310 Å². The van der Waals surface area contributed by atoms with Gasteiger partial charge in [0.15, 0.2) is 6.10 Å². The summed E-state index contributed by atoms with van der Waals surface area (Å²) in [6.45, 7) is 8.90. The van der Waals surface area contributed by atoms with E-state index in [1.807, 2.05) is 0 Å². The molecule has 0 radical (unpaired) electrons. The second-order valence-corrected chi connectivity index (χ2v) is 15.5. The quantitative estimate of drug-likeness (QED) is 0.0359. The number of unbranched alkanes of at least 4 members (excludes halogenated alkanes) is 26. The Hall–Kier alpha value is -1.59. The summed E-state index contributed by atoms with van der Waals surface area (Å²) < 4.78 is 16.6. The average Bonchev–Trinajstić information content (AvgIpc) is 3.09. The lowest BCUT2D eigenvalue weighted by atomic mass is 10.0. The minimum absolute atomic E-state index is 0.0649. The molecule has 0 aliphatic carbocycles. The molecule has 296 valence electrons. The first-order valence-corrected chi connectivity index (χ1v) is 21.9. The van der Waals surface area contributed by atoms with Gasteiger partial charge >= 0.3 is 17.9 Å². The first-order valence-electron chi connectivity index (χ1n) is 21.9. The second-order valence-electron chi connectivity index (χ2n) is 15.5. The average molecular weight is 709 g/mol. The SMILES string of the molecule is CCCCCCCCCCCCCCCCC(=O)OC[C@H](COC(=O)CCCCCCCCC(C)C)OC(=O)CCCCCCCCCCC. The van der Waals surface area contributed by atoms with Crippen molar-refractivity contribution in [3.8, 4) is 0 Å². The van der Waals surface area contributed by atoms with Gasteiger partial charge in [-0.25, -0.2) is 0 Å². The topological polar surface area (TPSA) is 78.9 Å². The van der Waals surface area contributed by atoms with Crippen LogP contribution in [0.25, 0.3) is 0 Å². The van der Waals surface area contributed by atoms with Crippen molar-refractivity contribution in [1.29, 1.82) is 0 Å². The molecule has 0 bridgehead atoms. The van der Waals surface area contributed by atoms with Crippen LogP contribution in [0.4, 0.5) is 0 Å². The third-order valence-corrected chi connectivity index (χ3v) is 9.79. The highest BCUT2D eigenvalue weighted by atomic mass is 16.6. The van der Waals surface area contributed by atoms with Gasteiger partial charge in [-0.3, -0.25) is 14.4 Å². The Bertz CT molecular complexity index is 751. The molecule has 0 aromatic carbocycles. The lowest BCUT2D eigenvalue weighted by Gasteiger charge is -2.18. The Morgan fingerprint density at radius 3 is 0.980 bits per heavy atom. The van der Waals surface area contributed by atoms with Crippen LogP contribution in [0.5, 0.6) is 0 Å². The standard InChI is InChI=1S/C44H84O6/c1-5-7-9-11-13-15-16-17-18-19-21-22-27-31-35-42(45)48-38-41(50-44(47)37-33-29-23-20-14-12-10-8-6-2)39-49-43(46)36-32-28-25-24-26-30-34-40(3)4/h40-41H,5-39H2,1-4H3/t41-/m1/s1. The molecule has 0 saturated heterocycles. The molecule has 0 heterocycles. The van der Waals surface area contributed by atoms with Crippen LogP contribution in [0.2, 0.25) is 0 Å². The van der Waals surface area contributed by atoms with E-state index in [0.717, 1.165) is 63.7 Å². The predicted molar refractivity (Wildman–Crippen MR) is 210 cm³/mol. The van der Waals surface area contributed by atoms with E-state index in [9.17, 15) is 14.4 Å². The van der Waals surface area contributed by atoms with Crippen LogP contribution in [0, 0.1) is 5.92 Å². The molecular weight excluding hydrogens is 624 g/mol. The number of carbonyl (C=O) groups is 3. The van der Waals surface area contributed by atoms with Crippen molar-refractivity contribution in [2.75, 3.05) is 13.2 Å². The maximum Gasteiger partial charge on any atom is 0.306 e. The van der Waals surface area contributed by atoms with Gasteiger partial charge in [0, 0.05) is 19.3 Å². The van der Waals surface area contributed by atoms with Crippen molar-refractivity contribution in [2.24, 2.45) is 5.92 Å². The van der Waals surface area contributed by atoms with Crippen molar-refractivity contribution < 1.29 is 28.6 Å². The third-order valence-electron chi connectivity index (χ3n) is 9.79. The van der Waals surface area contributed by atoms with Gasteiger partial charge in [-0.1, -0.05) is 201 Å². The molecule has 0 saturated carbocycles. The molecule has 0 amide bonds. The van der Waals surface area contributed by atoms with Gasteiger partial charge in [-0.2, -0.15) is 0 Å². The van der Waals surface area contributed by atoms with Crippen molar-refractivity contribution in [2.45, 2.75) is 246 Å². The van der Waals surface area contributed by atoms with E-state index in [4.69, 9.17) is 14.2 Å². The molecule has 0 aliphatic rings. The maximum atomic E-state index is 12.6. The molecule has 0 spiro atoms. The van der Waals surface area contributed by atoms with Crippen LogP contribution in [0.15, 0.2) is 0 Å². The summed E-state index contributed by atoms with van der Waals surface area (Å²) in [6.07, 6.45) is 36.7. The van der Waals surface area contributed by atoms with Crippen LogP contribution >= 0.6 is 0 Å². The highest BCUT2D eigenvalue weighted by Gasteiger charge is 2.19. The Kier molecular flexibility index (Phi) is 37.4. The molecule has 0 fully saturated rings. The summed E-state index contributed by atoms with van der Waals surface area (Å²) in [4.78, 5) is 37.5. The number of carbonyl (C=O) groups excluding carboxylic acids is 3. The second kappa shape index (κ2) is 38.6. The summed E-state index contributed by atoms with van der Waals surface area (Å²) in [6, 6.07) is 0. The Balaban J connectivity index is 4.28. The molecule has 0 N–H and O–H groups in total. The van der Waals surface area contributed by atoms with E-state index in [2.05, 4.69) is 27.7 Å². The van der Waals surface area contributed by atoms with Gasteiger partial charge in [0.2, 0.25) is 0 Å². The summed E-state index contributed by atoms with van der Waals surface area (Å²) in [5, 5.41) is 0. The molecule has 6 nitrogen and oxygen atoms in total. The highest BCUT2D eigenvalue weighted by molar-refractivity contribution is 5.71. The lowest BCUT2D eigenvalue weighted by molar-refractivity contribution is -0.167. The van der Waals surface area contributed by atoms with E-state index in [1.165, 1.54) is 135 Å². The highest BCUT2D eigenvalue weighted by Crippen LogP contribution is 2.16. The van der Waals surface area contributed by atoms with Crippen molar-refractivity contribution in [1.82, 2.24) is 0 Å². The largest absolute Gasteiger partial charge is 0.462 e.